The van der Waals surface area contributed by atoms with Gasteiger partial charge in [0.15, 0.2) is 6.07 Å². The van der Waals surface area contributed by atoms with E-state index >= 15 is 0 Å². The Morgan fingerprint density at radius 2 is 2.24 bits per heavy atom. The molecule has 0 saturated carbocycles. The summed E-state index contributed by atoms with van der Waals surface area (Å²) < 4.78 is 13.6. The zero-order valence-corrected chi connectivity index (χ0v) is 10.3. The summed E-state index contributed by atoms with van der Waals surface area (Å²) in [7, 11) is 0. The van der Waals surface area contributed by atoms with Gasteiger partial charge >= 0.3 is 5.91 Å². The minimum atomic E-state index is -0.736. The maximum Gasteiger partial charge on any atom is 0.322 e. The summed E-state index contributed by atoms with van der Waals surface area (Å²) >= 11 is 5.81. The van der Waals surface area contributed by atoms with Crippen molar-refractivity contribution in [1.82, 2.24) is 5.32 Å². The fraction of sp³-hybridized carbons (Fsp3) is 0.333. The first-order chi connectivity index (χ1) is 7.86. The van der Waals surface area contributed by atoms with Crippen molar-refractivity contribution in [3.05, 3.63) is 34.6 Å². The lowest BCUT2D eigenvalue weighted by Crippen LogP contribution is -2.36. The molecule has 90 valence electrons. The predicted molar refractivity (Wildman–Crippen MR) is 63.1 cm³/mol. The molecule has 0 spiro atoms. The quantitative estimate of drug-likeness (QED) is 0.842. The van der Waals surface area contributed by atoms with Crippen LogP contribution in [0.25, 0.3) is 0 Å². The number of hydrogen-bond acceptors (Lipinski definition) is 2. The summed E-state index contributed by atoms with van der Waals surface area (Å²) in [5.74, 6) is -1.12. The van der Waals surface area contributed by atoms with Gasteiger partial charge in [-0.1, -0.05) is 25.4 Å². The largest absolute Gasteiger partial charge is 0.343 e. The van der Waals surface area contributed by atoms with Gasteiger partial charge in [0.25, 0.3) is 0 Å². The summed E-state index contributed by atoms with van der Waals surface area (Å²) in [5, 5.41) is 11.2. The lowest BCUT2D eigenvalue weighted by Gasteiger charge is -2.25. The molecule has 0 aromatic heterocycles. The van der Waals surface area contributed by atoms with Crippen molar-refractivity contribution in [3.8, 4) is 6.07 Å². The molecule has 1 N–H and O–H groups in total. The summed E-state index contributed by atoms with van der Waals surface area (Å²) in [6, 6.07) is 5.71. The highest BCUT2D eigenvalue weighted by atomic mass is 35.5. The van der Waals surface area contributed by atoms with Crippen LogP contribution in [-0.4, -0.2) is 12.5 Å². The summed E-state index contributed by atoms with van der Waals surface area (Å²) in [6.45, 7) is 3.69. The predicted octanol–water partition coefficient (Wildman–Crippen LogP) is 2.40. The molecule has 0 radical (unpaired) electrons. The van der Waals surface area contributed by atoms with E-state index in [9.17, 15) is 9.18 Å². The third kappa shape index (κ3) is 3.43. The zero-order chi connectivity index (χ0) is 13.1. The molecule has 0 atom stereocenters. The van der Waals surface area contributed by atoms with E-state index < -0.39 is 11.3 Å². The van der Waals surface area contributed by atoms with E-state index in [1.807, 2.05) is 0 Å². The molecule has 0 heterocycles. The Kier molecular flexibility index (Phi) is 4.08. The first-order valence-corrected chi connectivity index (χ1v) is 5.38. The van der Waals surface area contributed by atoms with Crippen LogP contribution >= 0.6 is 11.6 Å². The zero-order valence-electron chi connectivity index (χ0n) is 9.55. The summed E-state index contributed by atoms with van der Waals surface area (Å²) in [4.78, 5) is 10.8. The van der Waals surface area contributed by atoms with Crippen LogP contribution in [0.5, 0.6) is 0 Å². The highest BCUT2D eigenvalue weighted by Gasteiger charge is 2.25. The molecule has 1 aromatic rings. The third-order valence-corrected chi connectivity index (χ3v) is 2.69. The van der Waals surface area contributed by atoms with E-state index in [1.54, 1.807) is 13.8 Å². The second-order valence-corrected chi connectivity index (χ2v) is 4.74. The van der Waals surface area contributed by atoms with Gasteiger partial charge in [0.2, 0.25) is 0 Å². The Labute approximate surface area is 104 Å². The monoisotopic (exact) mass is 254 g/mol. The van der Waals surface area contributed by atoms with Crippen LogP contribution in [0.15, 0.2) is 18.2 Å². The molecule has 0 aliphatic heterocycles. The molecule has 17 heavy (non-hydrogen) atoms. The number of carbonyl (C=O) groups is 1. The van der Waals surface area contributed by atoms with Crippen LogP contribution in [-0.2, 0) is 10.2 Å². The van der Waals surface area contributed by atoms with Crippen LogP contribution in [0.4, 0.5) is 4.39 Å². The minimum Gasteiger partial charge on any atom is -0.343 e. The number of halogens is 2. The maximum absolute atomic E-state index is 13.6. The van der Waals surface area contributed by atoms with E-state index in [0.29, 0.717) is 10.6 Å². The van der Waals surface area contributed by atoms with Gasteiger partial charge in [0.05, 0.1) is 0 Å². The van der Waals surface area contributed by atoms with Gasteiger partial charge in [-0.3, -0.25) is 4.79 Å². The first kappa shape index (κ1) is 13.5. The number of nitrogens with one attached hydrogen (secondary N) is 1. The van der Waals surface area contributed by atoms with Crippen molar-refractivity contribution in [2.75, 3.05) is 6.54 Å². The molecule has 1 amide bonds. The number of rotatable bonds is 3. The molecule has 1 aromatic carbocycles. The Balaban J connectivity index is 2.93. The van der Waals surface area contributed by atoms with Gasteiger partial charge in [-0.15, -0.1) is 0 Å². The normalized spacial score (nSPS) is 10.8. The first-order valence-electron chi connectivity index (χ1n) is 5.00. The van der Waals surface area contributed by atoms with Crippen LogP contribution in [0, 0.1) is 17.1 Å². The molecule has 0 aliphatic rings. The molecule has 0 fully saturated rings. The molecule has 3 nitrogen and oxygen atoms in total. The Morgan fingerprint density at radius 1 is 1.59 bits per heavy atom. The fourth-order valence-corrected chi connectivity index (χ4v) is 1.62. The molecule has 0 aliphatic carbocycles. The van der Waals surface area contributed by atoms with Gasteiger partial charge in [0.1, 0.15) is 5.82 Å². The average molecular weight is 255 g/mol. The fourth-order valence-electron chi connectivity index (χ4n) is 1.45. The Morgan fingerprint density at radius 3 is 2.82 bits per heavy atom. The standard InChI is InChI=1S/C12H12ClFN2O/c1-12(2,7-16-11(17)6-15)9-5-8(13)3-4-10(9)14/h3-5H,7H2,1-2H3,(H,16,17). The smallest absolute Gasteiger partial charge is 0.322 e. The molecule has 0 bridgehead atoms. The molecule has 1 rings (SSSR count). The second kappa shape index (κ2) is 5.15. The van der Waals surface area contributed by atoms with Gasteiger partial charge in [-0.25, -0.2) is 4.39 Å². The number of carbonyl (C=O) groups excluding carboxylic acids is 1. The molecule has 5 heteroatoms. The summed E-state index contributed by atoms with van der Waals surface area (Å²) in [6.07, 6.45) is 0. The lowest BCUT2D eigenvalue weighted by atomic mass is 9.84. The maximum atomic E-state index is 13.6. The van der Waals surface area contributed by atoms with Crippen molar-refractivity contribution in [2.45, 2.75) is 19.3 Å². The highest BCUT2D eigenvalue weighted by molar-refractivity contribution is 6.30. The molecule has 0 saturated heterocycles. The molecular formula is C12H12ClFN2O. The van der Waals surface area contributed by atoms with Crippen LogP contribution in [0.3, 0.4) is 0 Å². The lowest BCUT2D eigenvalue weighted by molar-refractivity contribution is -0.116. The van der Waals surface area contributed by atoms with Crippen LogP contribution in [0.2, 0.25) is 5.02 Å². The molecular weight excluding hydrogens is 243 g/mol. The minimum absolute atomic E-state index is 0.163. The highest BCUT2D eigenvalue weighted by Crippen LogP contribution is 2.27. The van der Waals surface area contributed by atoms with E-state index in [2.05, 4.69) is 5.32 Å². The van der Waals surface area contributed by atoms with E-state index in [-0.39, 0.29) is 12.4 Å². The second-order valence-electron chi connectivity index (χ2n) is 4.30. The summed E-state index contributed by atoms with van der Waals surface area (Å²) in [5.41, 5.74) is -0.232. The topological polar surface area (TPSA) is 52.9 Å². The van der Waals surface area contributed by atoms with Crippen molar-refractivity contribution in [3.63, 3.8) is 0 Å². The number of nitriles is 1. The van der Waals surface area contributed by atoms with Crippen molar-refractivity contribution >= 4 is 17.5 Å². The average Bonchev–Trinajstić information content (AvgIpc) is 2.29. The van der Waals surface area contributed by atoms with Gasteiger partial charge < -0.3 is 5.32 Å². The number of nitrogens with zero attached hydrogens (tertiary/aromatic N) is 1. The SMILES string of the molecule is CC(C)(CNC(=O)C#N)c1cc(Cl)ccc1F. The molecule has 0 unspecified atom stereocenters. The van der Waals surface area contributed by atoms with Crippen LogP contribution in [0.1, 0.15) is 19.4 Å². The van der Waals surface area contributed by atoms with Crippen LogP contribution < -0.4 is 5.32 Å². The van der Waals surface area contributed by atoms with E-state index in [4.69, 9.17) is 16.9 Å². The van der Waals surface area contributed by atoms with Crippen molar-refractivity contribution < 1.29 is 9.18 Å². The van der Waals surface area contributed by atoms with Gasteiger partial charge in [-0.05, 0) is 23.8 Å². The van der Waals surface area contributed by atoms with Gasteiger partial charge in [-0.2, -0.15) is 5.26 Å². The Hall–Kier alpha value is -1.60. The number of amides is 1. The van der Waals surface area contributed by atoms with Gasteiger partial charge in [0, 0.05) is 17.0 Å². The van der Waals surface area contributed by atoms with Crippen molar-refractivity contribution in [2.24, 2.45) is 0 Å². The number of benzene rings is 1. The Bertz CT molecular complexity index is 480. The third-order valence-electron chi connectivity index (χ3n) is 2.45. The van der Waals surface area contributed by atoms with E-state index in [1.165, 1.54) is 24.3 Å². The van der Waals surface area contributed by atoms with Crippen molar-refractivity contribution in [1.29, 1.82) is 5.26 Å². The number of hydrogen-bond donors (Lipinski definition) is 1. The van der Waals surface area contributed by atoms with E-state index in [0.717, 1.165) is 0 Å².